The van der Waals surface area contributed by atoms with E-state index in [1.54, 1.807) is 26.0 Å². The van der Waals surface area contributed by atoms with E-state index in [2.05, 4.69) is 0 Å². The molecule has 3 saturated heterocycles. The lowest BCUT2D eigenvalue weighted by Gasteiger charge is -2.59. The zero-order chi connectivity index (χ0) is 28.7. The van der Waals surface area contributed by atoms with Gasteiger partial charge in [-0.15, -0.1) is 0 Å². The molecule has 6 aliphatic rings. The Kier molecular flexibility index (Phi) is 6.77. The summed E-state index contributed by atoms with van der Waals surface area (Å²) in [5.74, 6) is -1.84. The van der Waals surface area contributed by atoms with Gasteiger partial charge in [-0.05, 0) is 32.6 Å². The third-order valence-corrected chi connectivity index (χ3v) is 10.7. The minimum atomic E-state index is -1.41. The van der Waals surface area contributed by atoms with Crippen molar-refractivity contribution < 1.29 is 53.3 Å². The van der Waals surface area contributed by atoms with Gasteiger partial charge in [0.05, 0.1) is 36.4 Å². The molecular weight excluding hydrogens is 524 g/mol. The van der Waals surface area contributed by atoms with Crippen LogP contribution in [-0.4, -0.2) is 107 Å². The molecule has 2 bridgehead atoms. The fourth-order valence-electron chi connectivity index (χ4n) is 7.77. The van der Waals surface area contributed by atoms with Crippen LogP contribution in [0.15, 0.2) is 24.3 Å². The van der Waals surface area contributed by atoms with Crippen molar-refractivity contribution >= 4 is 11.9 Å². The van der Waals surface area contributed by atoms with Gasteiger partial charge in [0, 0.05) is 24.5 Å². The van der Waals surface area contributed by atoms with Gasteiger partial charge in [-0.2, -0.15) is 0 Å². The molecule has 2 saturated carbocycles. The number of cyclic esters (lactones) is 1. The highest BCUT2D eigenvalue weighted by Gasteiger charge is 2.87. The maximum Gasteiger partial charge on any atom is 0.335 e. The molecule has 5 fully saturated rings. The third kappa shape index (κ3) is 3.96. The number of rotatable bonds is 1. The summed E-state index contributed by atoms with van der Waals surface area (Å²) >= 11 is 0. The fourth-order valence-corrected chi connectivity index (χ4v) is 7.77. The van der Waals surface area contributed by atoms with E-state index in [-0.39, 0.29) is 25.7 Å². The summed E-state index contributed by atoms with van der Waals surface area (Å²) in [7, 11) is 0. The highest BCUT2D eigenvalue weighted by molar-refractivity contribution is 5.82. The Morgan fingerprint density at radius 3 is 2.52 bits per heavy atom. The average Bonchev–Trinajstić information content (AvgIpc) is 3.82. The second kappa shape index (κ2) is 9.58. The van der Waals surface area contributed by atoms with Crippen molar-refractivity contribution in [3.8, 4) is 0 Å². The number of aliphatic hydroxyl groups is 3. The van der Waals surface area contributed by atoms with Crippen LogP contribution in [0.2, 0.25) is 0 Å². The van der Waals surface area contributed by atoms with E-state index in [0.29, 0.717) is 19.4 Å². The minimum absolute atomic E-state index is 0.172. The first-order valence-electron chi connectivity index (χ1n) is 14.2. The first-order valence-corrected chi connectivity index (χ1v) is 14.2. The van der Waals surface area contributed by atoms with E-state index in [1.165, 1.54) is 12.2 Å². The highest BCUT2D eigenvalue weighted by atomic mass is 16.7. The molecule has 4 heterocycles. The van der Waals surface area contributed by atoms with Gasteiger partial charge in [-0.3, -0.25) is 0 Å². The van der Waals surface area contributed by atoms with E-state index in [1.807, 2.05) is 13.8 Å². The predicted molar refractivity (Wildman–Crippen MR) is 137 cm³/mol. The average molecular weight is 565 g/mol. The molecule has 2 spiro atoms. The Morgan fingerprint density at radius 2 is 1.82 bits per heavy atom. The van der Waals surface area contributed by atoms with Crippen molar-refractivity contribution in [1.29, 1.82) is 0 Å². The molecule has 0 aromatic carbocycles. The molecule has 11 heteroatoms. The number of ether oxygens (including phenoxy) is 6. The molecule has 0 amide bonds. The zero-order valence-corrected chi connectivity index (χ0v) is 23.4. The van der Waals surface area contributed by atoms with Crippen LogP contribution in [-0.2, 0) is 38.0 Å². The smallest absolute Gasteiger partial charge is 0.335 e. The molecule has 0 aromatic rings. The van der Waals surface area contributed by atoms with E-state index < -0.39 is 82.6 Å². The molecule has 2 aliphatic carbocycles. The Labute approximate surface area is 233 Å². The Hall–Kier alpha value is -1.86. The number of hydrogen-bond acceptors (Lipinski definition) is 11. The van der Waals surface area contributed by atoms with Gasteiger partial charge in [0.2, 0.25) is 0 Å². The summed E-state index contributed by atoms with van der Waals surface area (Å²) in [5, 5.41) is 32.2. The molecule has 40 heavy (non-hydrogen) atoms. The second-order valence-electron chi connectivity index (χ2n) is 12.8. The number of epoxide rings is 2. The predicted octanol–water partition coefficient (Wildman–Crippen LogP) is 0.575. The van der Waals surface area contributed by atoms with Crippen molar-refractivity contribution in [3.05, 3.63) is 24.3 Å². The molecular formula is C29H40O11. The lowest BCUT2D eigenvalue weighted by atomic mass is 9.49. The summed E-state index contributed by atoms with van der Waals surface area (Å²) in [4.78, 5) is 26.2. The Morgan fingerprint density at radius 1 is 1.07 bits per heavy atom. The summed E-state index contributed by atoms with van der Waals surface area (Å²) in [6, 6.07) is 0. The molecule has 0 radical (unpaired) electrons. The van der Waals surface area contributed by atoms with Gasteiger partial charge >= 0.3 is 11.9 Å². The normalized spacial score (nSPS) is 53.8. The van der Waals surface area contributed by atoms with Crippen LogP contribution in [0, 0.1) is 16.7 Å². The highest BCUT2D eigenvalue weighted by Crippen LogP contribution is 2.75. The maximum atomic E-state index is 13.2. The van der Waals surface area contributed by atoms with Gasteiger partial charge < -0.3 is 43.7 Å². The molecule has 3 N–H and O–H groups in total. The van der Waals surface area contributed by atoms with Gasteiger partial charge in [-0.1, -0.05) is 32.1 Å². The van der Waals surface area contributed by atoms with Gasteiger partial charge in [0.25, 0.3) is 0 Å². The van der Waals surface area contributed by atoms with Crippen LogP contribution < -0.4 is 0 Å². The van der Waals surface area contributed by atoms with Crippen LogP contribution in [0.4, 0.5) is 0 Å². The SMILES string of the molecule is CC(O)C1/C=C/C=CC(=O)OC2CC3OC4C5OC5(C)C(O)CC4(COC(=O)C(O)C(C)CCO1)C2(C)C31CO1. The van der Waals surface area contributed by atoms with Crippen molar-refractivity contribution in [2.45, 2.75) is 107 Å². The number of hydrogen-bond donors (Lipinski definition) is 3. The number of aliphatic hydroxyl groups excluding tert-OH is 3. The third-order valence-electron chi connectivity index (χ3n) is 10.7. The summed E-state index contributed by atoms with van der Waals surface area (Å²) in [5.41, 5.74) is -3.42. The zero-order valence-electron chi connectivity index (χ0n) is 23.4. The Bertz CT molecular complexity index is 1100. The standard InChI is InChI=1S/C29H40O11/c1-15-9-10-35-17(16(2)30)7-5-6-8-21(32)38-19-11-20-29(14-37-29)27(19,4)28(13-36-25(34)22(15)33)12-18(31)26(3)23(40-26)24(28)39-20/h5-8,15-20,22-24,30-31,33H,9-14H2,1-4H3/b7-5+,8-6?. The van der Waals surface area contributed by atoms with E-state index in [9.17, 15) is 24.9 Å². The summed E-state index contributed by atoms with van der Waals surface area (Å²) < 4.78 is 36.4. The monoisotopic (exact) mass is 564 g/mol. The van der Waals surface area contributed by atoms with Gasteiger partial charge in [0.1, 0.15) is 36.1 Å². The maximum absolute atomic E-state index is 13.2. The topological polar surface area (TPSA) is 157 Å². The number of allylic oxidation sites excluding steroid dienone is 2. The quantitative estimate of drug-likeness (QED) is 0.302. The van der Waals surface area contributed by atoms with Crippen LogP contribution in [0.3, 0.4) is 0 Å². The molecule has 11 nitrogen and oxygen atoms in total. The molecule has 13 unspecified atom stereocenters. The summed E-state index contributed by atoms with van der Waals surface area (Å²) in [6.07, 6.45) is 1.29. The summed E-state index contributed by atoms with van der Waals surface area (Å²) in [6.45, 7) is 7.54. The molecule has 4 aliphatic heterocycles. The van der Waals surface area contributed by atoms with E-state index in [0.717, 1.165) is 0 Å². The van der Waals surface area contributed by atoms with Crippen LogP contribution in [0.5, 0.6) is 0 Å². The number of esters is 2. The lowest BCUT2D eigenvalue weighted by molar-refractivity contribution is -0.261. The second-order valence-corrected chi connectivity index (χ2v) is 12.8. The van der Waals surface area contributed by atoms with Crippen LogP contribution in [0.25, 0.3) is 0 Å². The number of fused-ring (bicyclic) bond motifs is 2. The molecule has 13 atom stereocenters. The molecule has 0 aromatic heterocycles. The van der Waals surface area contributed by atoms with Crippen molar-refractivity contribution in [2.75, 3.05) is 19.8 Å². The minimum Gasteiger partial charge on any atom is -0.463 e. The molecule has 6 rings (SSSR count). The van der Waals surface area contributed by atoms with Gasteiger partial charge in [-0.25, -0.2) is 9.59 Å². The van der Waals surface area contributed by atoms with Crippen molar-refractivity contribution in [2.24, 2.45) is 16.7 Å². The van der Waals surface area contributed by atoms with Crippen molar-refractivity contribution in [1.82, 2.24) is 0 Å². The number of carbonyl (C=O) groups is 2. The first-order chi connectivity index (χ1) is 18.9. The van der Waals surface area contributed by atoms with Gasteiger partial charge in [0.15, 0.2) is 6.10 Å². The lowest BCUT2D eigenvalue weighted by Crippen LogP contribution is -2.71. The van der Waals surface area contributed by atoms with E-state index in [4.69, 9.17) is 28.4 Å². The van der Waals surface area contributed by atoms with Crippen molar-refractivity contribution in [3.63, 3.8) is 0 Å². The van der Waals surface area contributed by atoms with Crippen LogP contribution >= 0.6 is 0 Å². The first kappa shape index (κ1) is 28.3. The fraction of sp³-hybridized carbons (Fsp3) is 0.793. The van der Waals surface area contributed by atoms with E-state index >= 15 is 0 Å². The van der Waals surface area contributed by atoms with Crippen LogP contribution in [0.1, 0.15) is 47.0 Å². The number of carbonyl (C=O) groups excluding carboxylic acids is 2. The molecule has 222 valence electrons. The Balaban J connectivity index is 1.37. The largest absolute Gasteiger partial charge is 0.463 e.